The van der Waals surface area contributed by atoms with Crippen LogP contribution in [0.5, 0.6) is 0 Å². The average Bonchev–Trinajstić information content (AvgIpc) is 2.39. The summed E-state index contributed by atoms with van der Waals surface area (Å²) < 4.78 is 49.6. The number of rotatable bonds is 5. The first-order valence-electron chi connectivity index (χ1n) is 5.92. The van der Waals surface area contributed by atoms with Gasteiger partial charge in [0.25, 0.3) is 0 Å². The summed E-state index contributed by atoms with van der Waals surface area (Å²) in [6.07, 6.45) is -6.20. The van der Waals surface area contributed by atoms with Crippen molar-refractivity contribution in [2.24, 2.45) is 0 Å². The lowest BCUT2D eigenvalue weighted by molar-refractivity contribution is -0.175. The molecule has 0 radical (unpaired) electrons. The summed E-state index contributed by atoms with van der Waals surface area (Å²) in [5.74, 6) is -5.90. The molecule has 1 rings (SSSR count). The molecule has 0 aliphatic heterocycles. The van der Waals surface area contributed by atoms with Gasteiger partial charge >= 0.3 is 18.1 Å². The van der Waals surface area contributed by atoms with Crippen LogP contribution in [-0.2, 0) is 9.59 Å². The maximum Gasteiger partial charge on any atom is 0.471 e. The number of carboxylic acids is 1. The minimum Gasteiger partial charge on any atom is -0.480 e. The summed E-state index contributed by atoms with van der Waals surface area (Å²) >= 11 is 0. The van der Waals surface area contributed by atoms with Crippen molar-refractivity contribution in [1.82, 2.24) is 5.32 Å². The predicted octanol–water partition coefficient (Wildman–Crippen LogP) is 1.84. The Bertz CT molecular complexity index is 613. The van der Waals surface area contributed by atoms with E-state index in [2.05, 4.69) is 0 Å². The van der Waals surface area contributed by atoms with Crippen LogP contribution in [0.1, 0.15) is 22.3 Å². The van der Waals surface area contributed by atoms with Crippen LogP contribution in [0.25, 0.3) is 0 Å². The Morgan fingerprint density at radius 1 is 1.27 bits per heavy atom. The lowest BCUT2D eigenvalue weighted by Crippen LogP contribution is -2.47. The van der Waals surface area contributed by atoms with Gasteiger partial charge in [0, 0.05) is 12.0 Å². The SMILES string of the molecule is Cc1ccc(C(=O)CC(NC(=O)C(F)(F)F)C(=O)O)cc1F. The van der Waals surface area contributed by atoms with Crippen LogP contribution in [-0.4, -0.2) is 35.0 Å². The molecule has 5 nitrogen and oxygen atoms in total. The molecule has 0 fully saturated rings. The van der Waals surface area contributed by atoms with E-state index in [9.17, 15) is 31.9 Å². The molecular weight excluding hydrogens is 310 g/mol. The zero-order valence-electron chi connectivity index (χ0n) is 11.2. The summed E-state index contributed by atoms with van der Waals surface area (Å²) in [6.45, 7) is 1.44. The predicted molar refractivity (Wildman–Crippen MR) is 65.7 cm³/mol. The Hall–Kier alpha value is -2.45. The van der Waals surface area contributed by atoms with Crippen molar-refractivity contribution in [3.05, 3.63) is 35.1 Å². The Kier molecular flexibility index (Phi) is 5.23. The number of nitrogens with one attached hydrogen (secondary N) is 1. The minimum atomic E-state index is -5.27. The number of aliphatic carboxylic acids is 1. The standard InChI is InChI=1S/C13H11F4NO4/c1-6-2-3-7(4-8(6)14)10(19)5-9(11(20)21)18-12(22)13(15,16)17/h2-4,9H,5H2,1H3,(H,18,22)(H,20,21). The van der Waals surface area contributed by atoms with Gasteiger partial charge in [-0.3, -0.25) is 9.59 Å². The van der Waals surface area contributed by atoms with Gasteiger partial charge in [-0.15, -0.1) is 0 Å². The van der Waals surface area contributed by atoms with Crippen LogP contribution in [0.3, 0.4) is 0 Å². The molecule has 0 bridgehead atoms. The largest absolute Gasteiger partial charge is 0.480 e. The molecule has 0 aliphatic rings. The summed E-state index contributed by atoms with van der Waals surface area (Å²) in [4.78, 5) is 33.4. The number of carbonyl (C=O) groups excluding carboxylic acids is 2. The molecule has 0 aliphatic carbocycles. The molecule has 1 atom stereocenters. The van der Waals surface area contributed by atoms with Gasteiger partial charge in [-0.25, -0.2) is 9.18 Å². The summed E-state index contributed by atoms with van der Waals surface area (Å²) in [7, 11) is 0. The summed E-state index contributed by atoms with van der Waals surface area (Å²) in [5.41, 5.74) is 0.0484. The fraction of sp³-hybridized carbons (Fsp3) is 0.308. The van der Waals surface area contributed by atoms with E-state index < -0.39 is 42.1 Å². The number of hydrogen-bond donors (Lipinski definition) is 2. The molecule has 1 unspecified atom stereocenters. The molecule has 1 amide bonds. The second-order valence-electron chi connectivity index (χ2n) is 4.45. The number of amides is 1. The van der Waals surface area contributed by atoms with Gasteiger partial charge in [-0.1, -0.05) is 12.1 Å². The molecule has 0 heterocycles. The second-order valence-corrected chi connectivity index (χ2v) is 4.45. The lowest BCUT2D eigenvalue weighted by Gasteiger charge is -2.15. The Balaban J connectivity index is 2.87. The van der Waals surface area contributed by atoms with E-state index in [0.717, 1.165) is 6.07 Å². The molecule has 120 valence electrons. The minimum absolute atomic E-state index is 0.199. The molecule has 0 saturated carbocycles. The van der Waals surface area contributed by atoms with E-state index in [4.69, 9.17) is 5.11 Å². The third-order valence-electron chi connectivity index (χ3n) is 2.74. The molecule has 0 spiro atoms. The highest BCUT2D eigenvalue weighted by molar-refractivity contribution is 5.99. The van der Waals surface area contributed by atoms with Crippen LogP contribution >= 0.6 is 0 Å². The van der Waals surface area contributed by atoms with Crippen molar-refractivity contribution in [1.29, 1.82) is 0 Å². The number of hydrogen-bond acceptors (Lipinski definition) is 3. The van der Waals surface area contributed by atoms with E-state index in [0.29, 0.717) is 0 Å². The normalized spacial score (nSPS) is 12.6. The van der Waals surface area contributed by atoms with E-state index in [1.165, 1.54) is 24.4 Å². The van der Waals surface area contributed by atoms with E-state index in [1.807, 2.05) is 0 Å². The average molecular weight is 321 g/mol. The molecule has 1 aromatic rings. The number of Topliss-reactive ketones (excluding diaryl/α,β-unsaturated/α-hetero) is 1. The first kappa shape index (κ1) is 17.6. The smallest absolute Gasteiger partial charge is 0.471 e. The Morgan fingerprint density at radius 2 is 1.86 bits per heavy atom. The van der Waals surface area contributed by atoms with Gasteiger partial charge in [-0.2, -0.15) is 13.2 Å². The quantitative estimate of drug-likeness (QED) is 0.640. The molecule has 9 heteroatoms. The zero-order chi connectivity index (χ0) is 17.1. The van der Waals surface area contributed by atoms with Crippen molar-refractivity contribution in [2.75, 3.05) is 0 Å². The topological polar surface area (TPSA) is 83.5 Å². The van der Waals surface area contributed by atoms with Crippen LogP contribution < -0.4 is 5.32 Å². The Morgan fingerprint density at radius 3 is 2.32 bits per heavy atom. The highest BCUT2D eigenvalue weighted by Gasteiger charge is 2.41. The molecular formula is C13H11F4NO4. The fourth-order valence-electron chi connectivity index (χ4n) is 1.51. The lowest BCUT2D eigenvalue weighted by atomic mass is 10.0. The molecule has 0 aromatic heterocycles. The third kappa shape index (κ3) is 4.54. The van der Waals surface area contributed by atoms with Crippen molar-refractivity contribution >= 4 is 17.7 Å². The van der Waals surface area contributed by atoms with Gasteiger partial charge in [0.05, 0.1) is 0 Å². The van der Waals surface area contributed by atoms with Gasteiger partial charge in [-0.05, 0) is 18.6 Å². The zero-order valence-corrected chi connectivity index (χ0v) is 11.2. The third-order valence-corrected chi connectivity index (χ3v) is 2.74. The van der Waals surface area contributed by atoms with E-state index in [1.54, 1.807) is 0 Å². The highest BCUT2D eigenvalue weighted by Crippen LogP contribution is 2.16. The number of ketones is 1. The van der Waals surface area contributed by atoms with Gasteiger partial charge in [0.15, 0.2) is 5.78 Å². The number of carbonyl (C=O) groups is 3. The number of carboxylic acid groups (broad SMARTS) is 1. The van der Waals surface area contributed by atoms with E-state index >= 15 is 0 Å². The first-order chi connectivity index (χ1) is 10.0. The van der Waals surface area contributed by atoms with Crippen LogP contribution in [0, 0.1) is 12.7 Å². The van der Waals surface area contributed by atoms with E-state index in [-0.39, 0.29) is 11.1 Å². The number of benzene rings is 1. The van der Waals surface area contributed by atoms with Crippen molar-refractivity contribution in [2.45, 2.75) is 25.6 Å². The van der Waals surface area contributed by atoms with Gasteiger partial charge in [0.2, 0.25) is 0 Å². The van der Waals surface area contributed by atoms with Crippen molar-refractivity contribution in [3.63, 3.8) is 0 Å². The molecule has 2 N–H and O–H groups in total. The van der Waals surface area contributed by atoms with Crippen LogP contribution in [0.15, 0.2) is 18.2 Å². The van der Waals surface area contributed by atoms with Crippen molar-refractivity contribution < 1.29 is 37.1 Å². The van der Waals surface area contributed by atoms with Crippen LogP contribution in [0.2, 0.25) is 0 Å². The molecule has 1 aromatic carbocycles. The first-order valence-corrected chi connectivity index (χ1v) is 5.92. The number of halogens is 4. The Labute approximate surface area is 121 Å². The number of aryl methyl sites for hydroxylation is 1. The van der Waals surface area contributed by atoms with Gasteiger partial charge < -0.3 is 10.4 Å². The highest BCUT2D eigenvalue weighted by atomic mass is 19.4. The summed E-state index contributed by atoms with van der Waals surface area (Å²) in [6, 6.07) is 1.27. The second kappa shape index (κ2) is 6.54. The maximum atomic E-state index is 13.3. The maximum absolute atomic E-state index is 13.3. The van der Waals surface area contributed by atoms with Crippen LogP contribution in [0.4, 0.5) is 17.6 Å². The molecule has 0 saturated heterocycles. The fourth-order valence-corrected chi connectivity index (χ4v) is 1.51. The number of alkyl halides is 3. The summed E-state index contributed by atoms with van der Waals surface area (Å²) in [5, 5.41) is 9.98. The van der Waals surface area contributed by atoms with Gasteiger partial charge in [0.1, 0.15) is 11.9 Å². The van der Waals surface area contributed by atoms with Crippen molar-refractivity contribution in [3.8, 4) is 0 Å². The molecule has 22 heavy (non-hydrogen) atoms. The monoisotopic (exact) mass is 321 g/mol.